The van der Waals surface area contributed by atoms with Crippen molar-refractivity contribution in [2.24, 2.45) is 4.99 Å². The molecule has 0 amide bonds. The molecule has 25 heavy (non-hydrogen) atoms. The van der Waals surface area contributed by atoms with Crippen LogP contribution < -0.4 is 10.6 Å². The van der Waals surface area contributed by atoms with Crippen molar-refractivity contribution in [2.45, 2.75) is 43.2 Å². The molecule has 0 bridgehead atoms. The van der Waals surface area contributed by atoms with Gasteiger partial charge in [-0.25, -0.2) is 0 Å². The molecule has 8 heteroatoms. The predicted octanol–water partition coefficient (Wildman–Crippen LogP) is 4.32. The van der Waals surface area contributed by atoms with E-state index in [0.29, 0.717) is 24.3 Å². The van der Waals surface area contributed by atoms with Crippen molar-refractivity contribution < 1.29 is 13.2 Å². The lowest BCUT2D eigenvalue weighted by Gasteiger charge is -2.17. The first-order valence-electron chi connectivity index (χ1n) is 8.08. The lowest BCUT2D eigenvalue weighted by molar-refractivity contribution is -0.137. The van der Waals surface area contributed by atoms with Crippen molar-refractivity contribution >= 4 is 41.7 Å². The fourth-order valence-electron chi connectivity index (χ4n) is 2.86. The second-order valence-electron chi connectivity index (χ2n) is 5.96. The molecule has 2 rings (SSSR count). The van der Waals surface area contributed by atoms with Crippen molar-refractivity contribution in [1.82, 2.24) is 10.6 Å². The highest BCUT2D eigenvalue weighted by molar-refractivity contribution is 14.0. The minimum Gasteiger partial charge on any atom is -0.356 e. The largest absolute Gasteiger partial charge is 0.416 e. The second-order valence-corrected chi connectivity index (χ2v) is 7.09. The quantitative estimate of drug-likeness (QED) is 0.369. The number of hydrogen-bond donors (Lipinski definition) is 2. The normalized spacial score (nSPS) is 20.9. The Morgan fingerprint density at radius 2 is 1.92 bits per heavy atom. The van der Waals surface area contributed by atoms with Crippen molar-refractivity contribution in [3.8, 4) is 0 Å². The van der Waals surface area contributed by atoms with Crippen LogP contribution >= 0.6 is 35.7 Å². The molecule has 0 saturated heterocycles. The summed E-state index contributed by atoms with van der Waals surface area (Å²) in [5.41, 5.74) is 0.260. The van der Waals surface area contributed by atoms with Crippen LogP contribution in [0.2, 0.25) is 0 Å². The zero-order valence-electron chi connectivity index (χ0n) is 14.4. The average molecular weight is 487 g/mol. The summed E-state index contributed by atoms with van der Waals surface area (Å²) in [6.07, 6.45) is 2.02. The van der Waals surface area contributed by atoms with E-state index in [-0.39, 0.29) is 24.0 Å². The van der Waals surface area contributed by atoms with Crippen molar-refractivity contribution in [1.29, 1.82) is 0 Å². The highest BCUT2D eigenvalue weighted by Gasteiger charge is 2.29. The SMILES string of the molecule is CN=C(NCCc1ccc(C(F)(F)F)cc1)NC1CCC(SC)C1.I. The first kappa shape index (κ1) is 22.4. The Labute approximate surface area is 168 Å². The number of halogens is 4. The minimum atomic E-state index is -4.28. The number of hydrogen-bond acceptors (Lipinski definition) is 2. The molecule has 1 aliphatic carbocycles. The fraction of sp³-hybridized carbons (Fsp3) is 0.588. The smallest absolute Gasteiger partial charge is 0.356 e. The molecule has 3 nitrogen and oxygen atoms in total. The Balaban J connectivity index is 0.00000312. The summed E-state index contributed by atoms with van der Waals surface area (Å²) < 4.78 is 37.6. The van der Waals surface area contributed by atoms with E-state index in [2.05, 4.69) is 21.9 Å². The van der Waals surface area contributed by atoms with Crippen LogP contribution in [0.4, 0.5) is 13.2 Å². The van der Waals surface area contributed by atoms with Gasteiger partial charge in [-0.05, 0) is 49.6 Å². The molecule has 0 spiro atoms. The van der Waals surface area contributed by atoms with Gasteiger partial charge in [0.2, 0.25) is 0 Å². The number of guanidine groups is 1. The molecule has 142 valence electrons. The van der Waals surface area contributed by atoms with Crippen LogP contribution in [0.5, 0.6) is 0 Å². The van der Waals surface area contributed by atoms with Gasteiger partial charge in [0.25, 0.3) is 0 Å². The molecular formula is C17H25F3IN3S. The molecule has 2 atom stereocenters. The zero-order chi connectivity index (χ0) is 17.6. The summed E-state index contributed by atoms with van der Waals surface area (Å²) >= 11 is 1.91. The number of benzene rings is 1. The molecule has 1 fully saturated rings. The van der Waals surface area contributed by atoms with E-state index in [1.807, 2.05) is 11.8 Å². The van der Waals surface area contributed by atoms with E-state index in [9.17, 15) is 13.2 Å². The van der Waals surface area contributed by atoms with E-state index in [0.717, 1.165) is 36.5 Å². The van der Waals surface area contributed by atoms with Crippen LogP contribution in [-0.4, -0.2) is 37.1 Å². The maximum atomic E-state index is 12.5. The first-order valence-corrected chi connectivity index (χ1v) is 9.37. The van der Waals surface area contributed by atoms with Gasteiger partial charge in [0, 0.05) is 24.9 Å². The van der Waals surface area contributed by atoms with E-state index in [4.69, 9.17) is 0 Å². The molecule has 1 aromatic carbocycles. The molecule has 2 N–H and O–H groups in total. The van der Waals surface area contributed by atoms with Gasteiger partial charge >= 0.3 is 6.18 Å². The number of thioether (sulfide) groups is 1. The van der Waals surface area contributed by atoms with Gasteiger partial charge in [-0.2, -0.15) is 24.9 Å². The summed E-state index contributed by atoms with van der Waals surface area (Å²) in [7, 11) is 1.73. The number of rotatable bonds is 5. The lowest BCUT2D eigenvalue weighted by Crippen LogP contribution is -2.43. The summed E-state index contributed by atoms with van der Waals surface area (Å²) in [6, 6.07) is 5.76. The topological polar surface area (TPSA) is 36.4 Å². The molecule has 1 aliphatic rings. The highest BCUT2D eigenvalue weighted by atomic mass is 127. The standard InChI is InChI=1S/C17H24F3N3S.HI/c1-21-16(23-14-7-8-15(11-14)24-2)22-10-9-12-3-5-13(6-4-12)17(18,19)20;/h3-6,14-15H,7-11H2,1-2H3,(H2,21,22,23);1H. The van der Waals surface area contributed by atoms with Crippen molar-refractivity contribution in [3.63, 3.8) is 0 Å². The lowest BCUT2D eigenvalue weighted by atomic mass is 10.1. The molecule has 2 unspecified atom stereocenters. The number of aliphatic imine (C=N–C) groups is 1. The first-order chi connectivity index (χ1) is 11.4. The van der Waals surface area contributed by atoms with Crippen LogP contribution in [0.1, 0.15) is 30.4 Å². The third-order valence-electron chi connectivity index (χ3n) is 4.27. The van der Waals surface area contributed by atoms with Crippen LogP contribution in [0.3, 0.4) is 0 Å². The Hall–Kier alpha value is -0.640. The molecule has 0 radical (unpaired) electrons. The molecule has 0 aliphatic heterocycles. The van der Waals surface area contributed by atoms with Gasteiger partial charge in [0.1, 0.15) is 0 Å². The maximum absolute atomic E-state index is 12.5. The summed E-state index contributed by atoms with van der Waals surface area (Å²) in [6.45, 7) is 0.629. The van der Waals surface area contributed by atoms with E-state index in [1.165, 1.54) is 18.6 Å². The summed E-state index contributed by atoms with van der Waals surface area (Å²) in [5, 5.41) is 7.37. The highest BCUT2D eigenvalue weighted by Crippen LogP contribution is 2.29. The van der Waals surface area contributed by atoms with Crippen LogP contribution in [0.15, 0.2) is 29.3 Å². The molecule has 0 aromatic heterocycles. The molecule has 1 saturated carbocycles. The van der Waals surface area contributed by atoms with Gasteiger partial charge in [-0.3, -0.25) is 4.99 Å². The zero-order valence-corrected chi connectivity index (χ0v) is 17.5. The molecule has 1 aromatic rings. The Morgan fingerprint density at radius 1 is 1.24 bits per heavy atom. The molecule has 0 heterocycles. The Bertz CT molecular complexity index is 549. The average Bonchev–Trinajstić information content (AvgIpc) is 3.01. The minimum absolute atomic E-state index is 0. The Kier molecular flexibility index (Phi) is 9.40. The van der Waals surface area contributed by atoms with E-state index < -0.39 is 11.7 Å². The van der Waals surface area contributed by atoms with Gasteiger partial charge in [0.15, 0.2) is 5.96 Å². The summed E-state index contributed by atoms with van der Waals surface area (Å²) in [4.78, 5) is 4.22. The van der Waals surface area contributed by atoms with Crippen LogP contribution in [0.25, 0.3) is 0 Å². The summed E-state index contributed by atoms with van der Waals surface area (Å²) in [5.74, 6) is 0.758. The predicted molar refractivity (Wildman–Crippen MR) is 110 cm³/mol. The molecular weight excluding hydrogens is 462 g/mol. The third kappa shape index (κ3) is 7.24. The number of nitrogens with zero attached hydrogens (tertiary/aromatic N) is 1. The fourth-order valence-corrected chi connectivity index (χ4v) is 3.66. The van der Waals surface area contributed by atoms with E-state index in [1.54, 1.807) is 7.05 Å². The van der Waals surface area contributed by atoms with Crippen LogP contribution in [-0.2, 0) is 12.6 Å². The number of nitrogens with one attached hydrogen (secondary N) is 2. The van der Waals surface area contributed by atoms with Gasteiger partial charge < -0.3 is 10.6 Å². The monoisotopic (exact) mass is 487 g/mol. The maximum Gasteiger partial charge on any atom is 0.416 e. The van der Waals surface area contributed by atoms with E-state index >= 15 is 0 Å². The van der Waals surface area contributed by atoms with Gasteiger partial charge in [-0.15, -0.1) is 24.0 Å². The number of alkyl halides is 3. The second kappa shape index (κ2) is 10.5. The van der Waals surface area contributed by atoms with Crippen molar-refractivity contribution in [3.05, 3.63) is 35.4 Å². The van der Waals surface area contributed by atoms with Crippen LogP contribution in [0, 0.1) is 0 Å². The van der Waals surface area contributed by atoms with Gasteiger partial charge in [0.05, 0.1) is 5.56 Å². The Morgan fingerprint density at radius 3 is 2.44 bits per heavy atom. The van der Waals surface area contributed by atoms with Crippen molar-refractivity contribution in [2.75, 3.05) is 19.8 Å². The third-order valence-corrected chi connectivity index (χ3v) is 5.36. The van der Waals surface area contributed by atoms with Gasteiger partial charge in [-0.1, -0.05) is 12.1 Å².